The fourth-order valence-corrected chi connectivity index (χ4v) is 4.09. The van der Waals surface area contributed by atoms with E-state index in [1.807, 2.05) is 11.3 Å². The molecule has 1 aliphatic rings. The lowest BCUT2D eigenvalue weighted by molar-refractivity contribution is 0.417. The van der Waals surface area contributed by atoms with Crippen molar-refractivity contribution in [1.29, 1.82) is 0 Å². The van der Waals surface area contributed by atoms with Crippen LogP contribution in [0.2, 0.25) is 0 Å². The summed E-state index contributed by atoms with van der Waals surface area (Å²) in [6.07, 6.45) is 7.09. The second kappa shape index (κ2) is 5.75. The molecule has 0 bridgehead atoms. The van der Waals surface area contributed by atoms with Gasteiger partial charge in [0.2, 0.25) is 0 Å². The van der Waals surface area contributed by atoms with Crippen molar-refractivity contribution in [3.8, 4) is 0 Å². The third-order valence-electron chi connectivity index (χ3n) is 4.10. The van der Waals surface area contributed by atoms with Gasteiger partial charge in [0.15, 0.2) is 0 Å². The first kappa shape index (κ1) is 14.1. The van der Waals surface area contributed by atoms with E-state index >= 15 is 0 Å². The first-order valence-electron chi connectivity index (χ1n) is 7.28. The Morgan fingerprint density at radius 2 is 1.94 bits per heavy atom. The zero-order valence-corrected chi connectivity index (χ0v) is 13.1. The van der Waals surface area contributed by atoms with Gasteiger partial charge in [-0.15, -0.1) is 11.3 Å². The zero-order chi connectivity index (χ0) is 13.2. The maximum absolute atomic E-state index is 3.52. The van der Waals surface area contributed by atoms with Crippen molar-refractivity contribution >= 4 is 11.3 Å². The van der Waals surface area contributed by atoms with Gasteiger partial charge in [0.05, 0.1) is 0 Å². The molecule has 1 N–H and O–H groups in total. The molecule has 1 heterocycles. The highest BCUT2D eigenvalue weighted by Crippen LogP contribution is 2.37. The van der Waals surface area contributed by atoms with E-state index in [9.17, 15) is 0 Å². The third-order valence-corrected chi connectivity index (χ3v) is 5.73. The van der Waals surface area contributed by atoms with Gasteiger partial charge in [-0.3, -0.25) is 0 Å². The van der Waals surface area contributed by atoms with E-state index in [-0.39, 0.29) is 5.41 Å². The maximum Gasteiger partial charge on any atom is 0.0415 e. The molecule has 0 saturated heterocycles. The fourth-order valence-electron chi connectivity index (χ4n) is 2.90. The monoisotopic (exact) mass is 265 g/mol. The summed E-state index contributed by atoms with van der Waals surface area (Å²) in [5.41, 5.74) is 0.286. The Bertz CT molecular complexity index is 369. The number of rotatable bonds is 4. The molecule has 18 heavy (non-hydrogen) atoms. The van der Waals surface area contributed by atoms with Crippen LogP contribution in [0.1, 0.15) is 68.7 Å². The van der Waals surface area contributed by atoms with Crippen molar-refractivity contribution in [2.24, 2.45) is 5.92 Å². The van der Waals surface area contributed by atoms with Crippen LogP contribution in [-0.4, -0.2) is 7.05 Å². The van der Waals surface area contributed by atoms with Crippen molar-refractivity contribution < 1.29 is 0 Å². The van der Waals surface area contributed by atoms with Gasteiger partial charge in [0.25, 0.3) is 0 Å². The predicted molar refractivity (Wildman–Crippen MR) is 81.4 cm³/mol. The van der Waals surface area contributed by atoms with Crippen molar-refractivity contribution in [2.45, 2.75) is 64.3 Å². The smallest absolute Gasteiger partial charge is 0.0415 e. The average Bonchev–Trinajstić information content (AvgIpc) is 2.95. The van der Waals surface area contributed by atoms with E-state index < -0.39 is 0 Å². The van der Waals surface area contributed by atoms with Crippen molar-refractivity contribution in [3.63, 3.8) is 0 Å². The Balaban J connectivity index is 2.05. The minimum Gasteiger partial charge on any atom is -0.312 e. The van der Waals surface area contributed by atoms with E-state index in [1.54, 1.807) is 0 Å². The van der Waals surface area contributed by atoms with Gasteiger partial charge in [-0.1, -0.05) is 46.5 Å². The third kappa shape index (κ3) is 3.36. The lowest BCUT2D eigenvalue weighted by Gasteiger charge is -2.19. The standard InChI is InChI=1S/C16H27NS/c1-16(2,3)15-10-9-14(18-15)13(17-4)11-12-7-5-6-8-12/h9-10,12-13,17H,5-8,11H2,1-4H3. The van der Waals surface area contributed by atoms with Crippen LogP contribution >= 0.6 is 11.3 Å². The molecule has 1 aliphatic carbocycles. The van der Waals surface area contributed by atoms with E-state index in [0.29, 0.717) is 6.04 Å². The van der Waals surface area contributed by atoms with Crippen LogP contribution in [-0.2, 0) is 5.41 Å². The second-order valence-corrected chi connectivity index (χ2v) is 7.79. The molecule has 1 aromatic heterocycles. The SMILES string of the molecule is CNC(CC1CCCC1)c1ccc(C(C)(C)C)s1. The number of hydrogen-bond donors (Lipinski definition) is 1. The molecular formula is C16H27NS. The first-order chi connectivity index (χ1) is 8.50. The molecular weight excluding hydrogens is 238 g/mol. The number of hydrogen-bond acceptors (Lipinski definition) is 2. The van der Waals surface area contributed by atoms with E-state index in [2.05, 4.69) is 45.3 Å². The first-order valence-corrected chi connectivity index (χ1v) is 8.10. The average molecular weight is 265 g/mol. The summed E-state index contributed by atoms with van der Waals surface area (Å²) in [6.45, 7) is 6.90. The Morgan fingerprint density at radius 3 is 2.44 bits per heavy atom. The molecule has 1 nitrogen and oxygen atoms in total. The summed E-state index contributed by atoms with van der Waals surface area (Å²) in [7, 11) is 2.11. The number of thiophene rings is 1. The lowest BCUT2D eigenvalue weighted by Crippen LogP contribution is -2.18. The summed E-state index contributed by atoms with van der Waals surface area (Å²) in [6, 6.07) is 5.22. The minimum absolute atomic E-state index is 0.286. The highest BCUT2D eigenvalue weighted by Gasteiger charge is 2.23. The number of nitrogens with one attached hydrogen (secondary N) is 1. The Morgan fingerprint density at radius 1 is 1.28 bits per heavy atom. The zero-order valence-electron chi connectivity index (χ0n) is 12.3. The molecule has 2 heteroatoms. The summed E-state index contributed by atoms with van der Waals surface area (Å²) in [5, 5.41) is 3.52. The molecule has 1 fully saturated rings. The van der Waals surface area contributed by atoms with Gasteiger partial charge in [0.1, 0.15) is 0 Å². The molecule has 1 saturated carbocycles. The fraction of sp³-hybridized carbons (Fsp3) is 0.750. The summed E-state index contributed by atoms with van der Waals surface area (Å²) >= 11 is 1.99. The molecule has 0 spiro atoms. The van der Waals surface area contributed by atoms with E-state index in [1.165, 1.54) is 41.9 Å². The second-order valence-electron chi connectivity index (χ2n) is 6.68. The van der Waals surface area contributed by atoms with Gasteiger partial charge in [0, 0.05) is 15.8 Å². The van der Waals surface area contributed by atoms with Crippen LogP contribution in [0.25, 0.3) is 0 Å². The maximum atomic E-state index is 3.52. The Hall–Kier alpha value is -0.340. The Labute approximate surface area is 116 Å². The Kier molecular flexibility index (Phi) is 4.50. The van der Waals surface area contributed by atoms with Crippen LogP contribution in [0.5, 0.6) is 0 Å². The van der Waals surface area contributed by atoms with Gasteiger partial charge in [-0.05, 0) is 36.9 Å². The van der Waals surface area contributed by atoms with Gasteiger partial charge < -0.3 is 5.32 Å². The molecule has 0 amide bonds. The van der Waals surface area contributed by atoms with Gasteiger partial charge in [-0.2, -0.15) is 0 Å². The largest absolute Gasteiger partial charge is 0.312 e. The van der Waals surface area contributed by atoms with E-state index in [4.69, 9.17) is 0 Å². The summed E-state index contributed by atoms with van der Waals surface area (Å²) in [5.74, 6) is 0.947. The highest BCUT2D eigenvalue weighted by atomic mass is 32.1. The molecule has 2 rings (SSSR count). The highest BCUT2D eigenvalue weighted by molar-refractivity contribution is 7.12. The van der Waals surface area contributed by atoms with Crippen molar-refractivity contribution in [3.05, 3.63) is 21.9 Å². The molecule has 0 aromatic carbocycles. The molecule has 1 aromatic rings. The van der Waals surface area contributed by atoms with E-state index in [0.717, 1.165) is 5.92 Å². The quantitative estimate of drug-likeness (QED) is 0.817. The van der Waals surface area contributed by atoms with Crippen LogP contribution in [0, 0.1) is 5.92 Å². The predicted octanol–water partition coefficient (Wildman–Crippen LogP) is 4.89. The van der Waals surface area contributed by atoms with Gasteiger partial charge >= 0.3 is 0 Å². The molecule has 0 aliphatic heterocycles. The van der Waals surface area contributed by atoms with Crippen LogP contribution in [0.4, 0.5) is 0 Å². The normalized spacial score (nSPS) is 19.3. The van der Waals surface area contributed by atoms with Crippen LogP contribution < -0.4 is 5.32 Å². The molecule has 0 radical (unpaired) electrons. The van der Waals surface area contributed by atoms with Crippen molar-refractivity contribution in [2.75, 3.05) is 7.05 Å². The summed E-state index contributed by atoms with van der Waals surface area (Å²) in [4.78, 5) is 3.03. The molecule has 1 atom stereocenters. The van der Waals surface area contributed by atoms with Gasteiger partial charge in [-0.25, -0.2) is 0 Å². The summed E-state index contributed by atoms with van der Waals surface area (Å²) < 4.78 is 0. The van der Waals surface area contributed by atoms with Crippen LogP contribution in [0.3, 0.4) is 0 Å². The van der Waals surface area contributed by atoms with Crippen molar-refractivity contribution in [1.82, 2.24) is 5.32 Å². The minimum atomic E-state index is 0.286. The van der Waals surface area contributed by atoms with Crippen LogP contribution in [0.15, 0.2) is 12.1 Å². The molecule has 1 unspecified atom stereocenters. The lowest BCUT2D eigenvalue weighted by atomic mass is 9.94. The molecule has 102 valence electrons. The topological polar surface area (TPSA) is 12.0 Å².